The first-order valence-corrected chi connectivity index (χ1v) is 4.96. The lowest BCUT2D eigenvalue weighted by Gasteiger charge is -2.24. The first kappa shape index (κ1) is 13.1. The van der Waals surface area contributed by atoms with Gasteiger partial charge < -0.3 is 10.4 Å². The number of hydrogen-bond donors (Lipinski definition) is 2. The van der Waals surface area contributed by atoms with Crippen molar-refractivity contribution in [1.82, 2.24) is 10.3 Å². The van der Waals surface area contributed by atoms with Gasteiger partial charge in [0.1, 0.15) is 0 Å². The molecular formula is C11H13FN2O3. The van der Waals surface area contributed by atoms with Crippen molar-refractivity contribution in [3.05, 3.63) is 29.8 Å². The number of carbonyl (C=O) groups is 2. The summed E-state index contributed by atoms with van der Waals surface area (Å²) in [6.07, 6.45) is 1.98. The fourth-order valence-electron chi connectivity index (χ4n) is 1.36. The Hall–Kier alpha value is -1.98. The number of hydrogen-bond acceptors (Lipinski definition) is 3. The summed E-state index contributed by atoms with van der Waals surface area (Å²) in [5.74, 6) is -2.43. The molecule has 17 heavy (non-hydrogen) atoms. The van der Waals surface area contributed by atoms with E-state index in [1.807, 2.05) is 0 Å². The number of nitrogens with zero attached hydrogens (tertiary/aromatic N) is 1. The van der Waals surface area contributed by atoms with Crippen molar-refractivity contribution < 1.29 is 19.1 Å². The minimum absolute atomic E-state index is 0.154. The van der Waals surface area contributed by atoms with Crippen molar-refractivity contribution in [2.24, 2.45) is 0 Å². The maximum absolute atomic E-state index is 13.2. The van der Waals surface area contributed by atoms with Crippen LogP contribution in [0.2, 0.25) is 0 Å². The number of carboxylic acid groups (broad SMARTS) is 1. The predicted octanol–water partition coefficient (Wildman–Crippen LogP) is 1.20. The average molecular weight is 240 g/mol. The van der Waals surface area contributed by atoms with Gasteiger partial charge in [-0.1, -0.05) is 0 Å². The van der Waals surface area contributed by atoms with Gasteiger partial charge in [0.2, 0.25) is 0 Å². The standard InChI is InChI=1S/C11H13FN2O3/c1-11(2,5-9(15)16)14-10(17)7-3-4-13-6-8(7)12/h3-4,6H,5H2,1-2H3,(H,14,17)(H,15,16). The van der Waals surface area contributed by atoms with E-state index in [-0.39, 0.29) is 12.0 Å². The van der Waals surface area contributed by atoms with Gasteiger partial charge in [0, 0.05) is 11.7 Å². The second-order valence-electron chi connectivity index (χ2n) is 4.26. The third-order valence-electron chi connectivity index (χ3n) is 2.06. The van der Waals surface area contributed by atoms with Crippen LogP contribution < -0.4 is 5.32 Å². The lowest BCUT2D eigenvalue weighted by molar-refractivity contribution is -0.138. The normalized spacial score (nSPS) is 11.0. The first-order valence-electron chi connectivity index (χ1n) is 4.96. The second kappa shape index (κ2) is 4.90. The lowest BCUT2D eigenvalue weighted by atomic mass is 10.0. The Morgan fingerprint density at radius 1 is 1.53 bits per heavy atom. The van der Waals surface area contributed by atoms with E-state index in [0.717, 1.165) is 6.20 Å². The van der Waals surface area contributed by atoms with Crippen LogP contribution in [0.5, 0.6) is 0 Å². The van der Waals surface area contributed by atoms with Crippen LogP contribution in [0.3, 0.4) is 0 Å². The summed E-state index contributed by atoms with van der Waals surface area (Å²) in [7, 11) is 0. The number of rotatable bonds is 4. The molecule has 1 aromatic heterocycles. The van der Waals surface area contributed by atoms with Crippen molar-refractivity contribution in [2.75, 3.05) is 0 Å². The van der Waals surface area contributed by atoms with E-state index in [9.17, 15) is 14.0 Å². The molecule has 0 unspecified atom stereocenters. The Kier molecular flexibility index (Phi) is 3.77. The van der Waals surface area contributed by atoms with Gasteiger partial charge in [-0.05, 0) is 19.9 Å². The summed E-state index contributed by atoms with van der Waals surface area (Å²) in [5.41, 5.74) is -1.10. The van der Waals surface area contributed by atoms with Crippen LogP contribution in [-0.2, 0) is 4.79 Å². The molecule has 1 aromatic rings. The summed E-state index contributed by atoms with van der Waals surface area (Å²) in [6.45, 7) is 3.11. The summed E-state index contributed by atoms with van der Waals surface area (Å²) >= 11 is 0. The third-order valence-corrected chi connectivity index (χ3v) is 2.06. The molecule has 0 aliphatic carbocycles. The molecule has 1 amide bonds. The minimum atomic E-state index is -1.04. The van der Waals surface area contributed by atoms with E-state index in [0.29, 0.717) is 0 Å². The zero-order valence-corrected chi connectivity index (χ0v) is 9.53. The molecule has 0 saturated carbocycles. The number of amides is 1. The maximum atomic E-state index is 13.2. The molecule has 2 N–H and O–H groups in total. The van der Waals surface area contributed by atoms with Crippen LogP contribution in [0.1, 0.15) is 30.6 Å². The lowest BCUT2D eigenvalue weighted by Crippen LogP contribution is -2.45. The molecule has 0 atom stereocenters. The van der Waals surface area contributed by atoms with Crippen molar-refractivity contribution in [3.63, 3.8) is 0 Å². The van der Waals surface area contributed by atoms with E-state index < -0.39 is 23.2 Å². The Balaban J connectivity index is 2.79. The van der Waals surface area contributed by atoms with Crippen LogP contribution in [0.25, 0.3) is 0 Å². The van der Waals surface area contributed by atoms with Crippen LogP contribution in [0, 0.1) is 5.82 Å². The SMILES string of the molecule is CC(C)(CC(=O)O)NC(=O)c1ccncc1F. The number of nitrogens with one attached hydrogen (secondary N) is 1. The molecule has 1 heterocycles. The van der Waals surface area contributed by atoms with Crippen LogP contribution in [0.4, 0.5) is 4.39 Å². The monoisotopic (exact) mass is 240 g/mol. The Morgan fingerprint density at radius 3 is 2.71 bits per heavy atom. The molecule has 0 radical (unpaired) electrons. The maximum Gasteiger partial charge on any atom is 0.305 e. The van der Waals surface area contributed by atoms with Crippen LogP contribution in [0.15, 0.2) is 18.5 Å². The van der Waals surface area contributed by atoms with Crippen molar-refractivity contribution in [1.29, 1.82) is 0 Å². The van der Waals surface area contributed by atoms with Crippen molar-refractivity contribution in [3.8, 4) is 0 Å². The van der Waals surface area contributed by atoms with Gasteiger partial charge >= 0.3 is 5.97 Å². The fourth-order valence-corrected chi connectivity index (χ4v) is 1.36. The summed E-state index contributed by atoms with van der Waals surface area (Å²) in [5, 5.41) is 11.1. The van der Waals surface area contributed by atoms with Crippen LogP contribution in [-0.4, -0.2) is 27.5 Å². The highest BCUT2D eigenvalue weighted by Gasteiger charge is 2.25. The van der Waals surface area contributed by atoms with Crippen molar-refractivity contribution in [2.45, 2.75) is 25.8 Å². The molecule has 5 nitrogen and oxygen atoms in total. The summed E-state index contributed by atoms with van der Waals surface area (Å²) in [4.78, 5) is 25.8. The van der Waals surface area contributed by atoms with E-state index in [4.69, 9.17) is 5.11 Å². The zero-order chi connectivity index (χ0) is 13.1. The molecule has 1 rings (SSSR count). The summed E-state index contributed by atoms with van der Waals surface area (Å²) in [6, 6.07) is 1.24. The van der Waals surface area contributed by atoms with E-state index >= 15 is 0 Å². The van der Waals surface area contributed by atoms with Gasteiger partial charge in [0.05, 0.1) is 18.2 Å². The highest BCUT2D eigenvalue weighted by molar-refractivity contribution is 5.95. The Labute approximate surface area is 97.7 Å². The number of aliphatic carboxylic acids is 1. The minimum Gasteiger partial charge on any atom is -0.481 e. The molecule has 0 aliphatic heterocycles. The van der Waals surface area contributed by atoms with Gasteiger partial charge in [-0.25, -0.2) is 4.39 Å². The molecule has 6 heteroatoms. The quantitative estimate of drug-likeness (QED) is 0.828. The van der Waals surface area contributed by atoms with E-state index in [1.54, 1.807) is 13.8 Å². The smallest absolute Gasteiger partial charge is 0.305 e. The Bertz CT molecular complexity index is 446. The van der Waals surface area contributed by atoms with Gasteiger partial charge in [0.15, 0.2) is 5.82 Å². The highest BCUT2D eigenvalue weighted by Crippen LogP contribution is 2.11. The molecule has 92 valence electrons. The van der Waals surface area contributed by atoms with Gasteiger partial charge in [-0.3, -0.25) is 14.6 Å². The summed E-state index contributed by atoms with van der Waals surface area (Å²) < 4.78 is 13.2. The predicted molar refractivity (Wildman–Crippen MR) is 58.0 cm³/mol. The molecule has 0 aliphatic rings. The van der Waals surface area contributed by atoms with Gasteiger partial charge in [-0.15, -0.1) is 0 Å². The number of aromatic nitrogens is 1. The molecular weight excluding hydrogens is 227 g/mol. The number of carboxylic acids is 1. The van der Waals surface area contributed by atoms with Crippen molar-refractivity contribution >= 4 is 11.9 Å². The molecule has 0 fully saturated rings. The first-order chi connectivity index (χ1) is 7.82. The number of pyridine rings is 1. The molecule has 0 aromatic carbocycles. The molecule has 0 spiro atoms. The average Bonchev–Trinajstić information content (AvgIpc) is 2.14. The van der Waals surface area contributed by atoms with E-state index in [1.165, 1.54) is 12.3 Å². The second-order valence-corrected chi connectivity index (χ2v) is 4.26. The van der Waals surface area contributed by atoms with Crippen LogP contribution >= 0.6 is 0 Å². The van der Waals surface area contributed by atoms with Gasteiger partial charge in [-0.2, -0.15) is 0 Å². The Morgan fingerprint density at radius 2 is 2.18 bits per heavy atom. The highest BCUT2D eigenvalue weighted by atomic mass is 19.1. The number of carbonyl (C=O) groups excluding carboxylic acids is 1. The third kappa shape index (κ3) is 3.82. The fraction of sp³-hybridized carbons (Fsp3) is 0.364. The van der Waals surface area contributed by atoms with E-state index in [2.05, 4.69) is 10.3 Å². The molecule has 0 bridgehead atoms. The topological polar surface area (TPSA) is 79.3 Å². The molecule has 0 saturated heterocycles. The number of halogens is 1. The van der Waals surface area contributed by atoms with Gasteiger partial charge in [0.25, 0.3) is 5.91 Å². The largest absolute Gasteiger partial charge is 0.481 e. The zero-order valence-electron chi connectivity index (χ0n) is 9.53.